The van der Waals surface area contributed by atoms with Gasteiger partial charge in [0.05, 0.1) is 12.7 Å². The zero-order chi connectivity index (χ0) is 17.9. The van der Waals surface area contributed by atoms with Crippen molar-refractivity contribution in [3.05, 3.63) is 34.3 Å². The highest BCUT2D eigenvalue weighted by Crippen LogP contribution is 2.15. The monoisotopic (exact) mass is 331 g/mol. The summed E-state index contributed by atoms with van der Waals surface area (Å²) in [5, 5.41) is 7.49. The average Bonchev–Trinajstić information content (AvgIpc) is 2.92. The second kappa shape index (κ2) is 7.12. The van der Waals surface area contributed by atoms with E-state index in [0.29, 0.717) is 11.2 Å². The van der Waals surface area contributed by atoms with Crippen LogP contribution in [0.5, 0.6) is 0 Å². The van der Waals surface area contributed by atoms with Gasteiger partial charge in [0.2, 0.25) is 11.8 Å². The maximum atomic E-state index is 12.1. The summed E-state index contributed by atoms with van der Waals surface area (Å²) in [6.45, 7) is 3.85. The molecule has 0 aliphatic rings. The van der Waals surface area contributed by atoms with Crippen molar-refractivity contribution in [2.24, 2.45) is 0 Å². The van der Waals surface area contributed by atoms with E-state index in [0.717, 1.165) is 5.39 Å². The summed E-state index contributed by atoms with van der Waals surface area (Å²) in [4.78, 5) is 39.4. The van der Waals surface area contributed by atoms with Crippen molar-refractivity contribution < 1.29 is 9.59 Å². The van der Waals surface area contributed by atoms with Crippen LogP contribution in [-0.2, 0) is 9.59 Å². The van der Waals surface area contributed by atoms with Gasteiger partial charge in [0.1, 0.15) is 5.65 Å². The molecule has 2 rings (SSSR count). The molecule has 2 N–H and O–H groups in total. The number of amides is 2. The topological polar surface area (TPSA) is 100 Å². The van der Waals surface area contributed by atoms with Gasteiger partial charge in [0.25, 0.3) is 5.56 Å². The molecule has 0 saturated carbocycles. The molecule has 0 aromatic carbocycles. The molecule has 128 valence electrons. The molecule has 8 nitrogen and oxygen atoms in total. The first-order valence-corrected chi connectivity index (χ1v) is 7.56. The smallest absolute Gasteiger partial charge is 0.256 e. The molecule has 0 atom stereocenters. The lowest BCUT2D eigenvalue weighted by molar-refractivity contribution is -0.129. The van der Waals surface area contributed by atoms with Crippen molar-refractivity contribution in [2.75, 3.05) is 20.6 Å². The largest absolute Gasteiger partial charge is 0.347 e. The molecule has 0 fully saturated rings. The SMILES string of the molecule is CC(C)n1ncc2cc(/C=C/C(=O)NCC(=O)N(C)C)c(=O)[nH]c21. The third-order valence-electron chi connectivity index (χ3n) is 3.44. The van der Waals surface area contributed by atoms with Gasteiger partial charge in [0, 0.05) is 37.2 Å². The minimum absolute atomic E-state index is 0.0906. The van der Waals surface area contributed by atoms with Gasteiger partial charge in [-0.1, -0.05) is 0 Å². The normalized spacial score (nSPS) is 11.4. The van der Waals surface area contributed by atoms with E-state index >= 15 is 0 Å². The van der Waals surface area contributed by atoms with Crippen LogP contribution < -0.4 is 10.9 Å². The predicted octanol–water partition coefficient (Wildman–Crippen LogP) is 0.523. The number of nitrogens with one attached hydrogen (secondary N) is 2. The molecule has 2 heterocycles. The van der Waals surface area contributed by atoms with E-state index in [1.54, 1.807) is 31.0 Å². The Hall–Kier alpha value is -2.90. The Bertz CT molecular complexity index is 845. The first-order valence-electron chi connectivity index (χ1n) is 7.56. The first-order chi connectivity index (χ1) is 11.3. The van der Waals surface area contributed by atoms with Gasteiger partial charge < -0.3 is 15.2 Å². The van der Waals surface area contributed by atoms with Gasteiger partial charge in [-0.05, 0) is 26.0 Å². The predicted molar refractivity (Wildman–Crippen MR) is 91.5 cm³/mol. The molecule has 8 heteroatoms. The summed E-state index contributed by atoms with van der Waals surface area (Å²) in [6, 6.07) is 1.80. The minimum atomic E-state index is -0.442. The molecule has 0 radical (unpaired) electrons. The number of hydrogen-bond acceptors (Lipinski definition) is 4. The molecule has 0 aliphatic carbocycles. The zero-order valence-corrected chi connectivity index (χ0v) is 14.2. The Balaban J connectivity index is 2.15. The van der Waals surface area contributed by atoms with Crippen LogP contribution >= 0.6 is 0 Å². The van der Waals surface area contributed by atoms with E-state index in [2.05, 4.69) is 15.4 Å². The molecule has 0 aliphatic heterocycles. The molecule has 24 heavy (non-hydrogen) atoms. The molecule has 0 spiro atoms. The summed E-state index contributed by atoms with van der Waals surface area (Å²) >= 11 is 0. The molecule has 2 aromatic heterocycles. The van der Waals surface area contributed by atoms with Crippen LogP contribution in [0.2, 0.25) is 0 Å². The fourth-order valence-electron chi connectivity index (χ4n) is 2.08. The Morgan fingerprint density at radius 1 is 1.42 bits per heavy atom. The highest BCUT2D eigenvalue weighted by atomic mass is 16.2. The summed E-state index contributed by atoms with van der Waals surface area (Å²) in [6.07, 6.45) is 4.31. The van der Waals surface area contributed by atoms with Gasteiger partial charge in [-0.3, -0.25) is 14.4 Å². The van der Waals surface area contributed by atoms with Crippen molar-refractivity contribution in [2.45, 2.75) is 19.9 Å². The van der Waals surface area contributed by atoms with Crippen LogP contribution in [0.15, 0.2) is 23.1 Å². The standard InChI is InChI=1S/C16H21N5O3/c1-10(2)21-15-12(8-18-21)7-11(16(24)19-15)5-6-13(22)17-9-14(23)20(3)4/h5-8,10H,9H2,1-4H3,(H,17,22)(H,19,24)/b6-5+. The van der Waals surface area contributed by atoms with Crippen LogP contribution in [0.25, 0.3) is 17.1 Å². The van der Waals surface area contributed by atoms with E-state index in [4.69, 9.17) is 0 Å². The molecule has 2 aromatic rings. The Morgan fingerprint density at radius 3 is 2.75 bits per heavy atom. The molecule has 2 amide bonds. The first kappa shape index (κ1) is 17.5. The fourth-order valence-corrected chi connectivity index (χ4v) is 2.08. The van der Waals surface area contributed by atoms with Gasteiger partial charge in [-0.2, -0.15) is 5.10 Å². The second-order valence-corrected chi connectivity index (χ2v) is 5.88. The highest BCUT2D eigenvalue weighted by Gasteiger charge is 2.09. The number of likely N-dealkylation sites (N-methyl/N-ethyl adjacent to an activating group) is 1. The summed E-state index contributed by atoms with van der Waals surface area (Å²) < 4.78 is 1.73. The fraction of sp³-hybridized carbons (Fsp3) is 0.375. The van der Waals surface area contributed by atoms with Crippen LogP contribution in [0.1, 0.15) is 25.5 Å². The van der Waals surface area contributed by atoms with Crippen LogP contribution in [0.3, 0.4) is 0 Å². The highest BCUT2D eigenvalue weighted by molar-refractivity contribution is 5.94. The minimum Gasteiger partial charge on any atom is -0.347 e. The van der Waals surface area contributed by atoms with Gasteiger partial charge in [-0.25, -0.2) is 4.68 Å². The van der Waals surface area contributed by atoms with Crippen LogP contribution in [-0.4, -0.2) is 52.1 Å². The summed E-state index contributed by atoms with van der Waals surface area (Å²) in [5.74, 6) is -0.653. The number of rotatable bonds is 5. The van der Waals surface area contributed by atoms with E-state index in [1.807, 2.05) is 13.8 Å². The van der Waals surface area contributed by atoms with Crippen LogP contribution in [0, 0.1) is 0 Å². The van der Waals surface area contributed by atoms with Crippen molar-refractivity contribution >= 4 is 28.9 Å². The number of fused-ring (bicyclic) bond motifs is 1. The number of aromatic nitrogens is 3. The summed E-state index contributed by atoms with van der Waals surface area (Å²) in [5.41, 5.74) is 0.686. The third-order valence-corrected chi connectivity index (χ3v) is 3.44. The van der Waals surface area contributed by atoms with Crippen molar-refractivity contribution in [3.8, 4) is 0 Å². The maximum absolute atomic E-state index is 12.1. The molecule has 0 unspecified atom stereocenters. The number of aromatic amines is 1. The molecular weight excluding hydrogens is 310 g/mol. The average molecular weight is 331 g/mol. The van der Waals surface area contributed by atoms with E-state index < -0.39 is 5.91 Å². The lowest BCUT2D eigenvalue weighted by Gasteiger charge is -2.09. The van der Waals surface area contributed by atoms with Crippen molar-refractivity contribution in [1.29, 1.82) is 0 Å². The third kappa shape index (κ3) is 3.89. The van der Waals surface area contributed by atoms with E-state index in [1.165, 1.54) is 17.1 Å². The van der Waals surface area contributed by atoms with Crippen molar-refractivity contribution in [1.82, 2.24) is 25.0 Å². The Morgan fingerprint density at radius 2 is 2.12 bits per heavy atom. The van der Waals surface area contributed by atoms with Crippen LogP contribution in [0.4, 0.5) is 0 Å². The second-order valence-electron chi connectivity index (χ2n) is 5.88. The Labute approximate surface area is 139 Å². The molecular formula is C16H21N5O3. The van der Waals surface area contributed by atoms with E-state index in [-0.39, 0.29) is 24.1 Å². The summed E-state index contributed by atoms with van der Waals surface area (Å²) in [7, 11) is 3.22. The van der Waals surface area contributed by atoms with E-state index in [9.17, 15) is 14.4 Å². The number of H-pyrrole nitrogens is 1. The number of nitrogens with zero attached hydrogens (tertiary/aromatic N) is 3. The number of carbonyl (C=O) groups excluding carboxylic acids is 2. The van der Waals surface area contributed by atoms with Gasteiger partial charge >= 0.3 is 0 Å². The number of carbonyl (C=O) groups is 2. The molecule has 0 saturated heterocycles. The Kier molecular flexibility index (Phi) is 5.18. The lowest BCUT2D eigenvalue weighted by Crippen LogP contribution is -2.35. The molecule has 0 bridgehead atoms. The lowest BCUT2D eigenvalue weighted by atomic mass is 10.2. The zero-order valence-electron chi connectivity index (χ0n) is 14.2. The number of hydrogen-bond donors (Lipinski definition) is 2. The van der Waals surface area contributed by atoms with Gasteiger partial charge in [-0.15, -0.1) is 0 Å². The quantitative estimate of drug-likeness (QED) is 0.780. The van der Waals surface area contributed by atoms with Crippen molar-refractivity contribution in [3.63, 3.8) is 0 Å². The van der Waals surface area contributed by atoms with Gasteiger partial charge in [0.15, 0.2) is 0 Å². The maximum Gasteiger partial charge on any atom is 0.256 e. The number of pyridine rings is 1.